The molecule has 1 aromatic rings. The zero-order valence-corrected chi connectivity index (χ0v) is 13.7. The fourth-order valence-electron chi connectivity index (χ4n) is 2.54. The fraction of sp³-hybridized carbons (Fsp3) is 0.800. The summed E-state index contributed by atoms with van der Waals surface area (Å²) < 4.78 is 2.19. The van der Waals surface area contributed by atoms with Gasteiger partial charge < -0.3 is 9.67 Å². The van der Waals surface area contributed by atoms with E-state index in [4.69, 9.17) is 5.11 Å². The molecular formula is C15H25N3O2S. The number of aliphatic carboxylic acids is 1. The Bertz CT molecular complexity index is 471. The van der Waals surface area contributed by atoms with Crippen LogP contribution in [0.2, 0.25) is 0 Å². The maximum absolute atomic E-state index is 10.8. The SMILES string of the molecule is CCCCCCC(C)n1c(SCC(=O)O)nnc1C1CC1. The first-order valence-corrected chi connectivity index (χ1v) is 8.91. The molecule has 0 radical (unpaired) electrons. The average molecular weight is 311 g/mol. The van der Waals surface area contributed by atoms with Gasteiger partial charge in [0.05, 0.1) is 5.75 Å². The van der Waals surface area contributed by atoms with Gasteiger partial charge >= 0.3 is 5.97 Å². The Kier molecular flexibility index (Phi) is 6.08. The fourth-order valence-corrected chi connectivity index (χ4v) is 3.31. The van der Waals surface area contributed by atoms with E-state index >= 15 is 0 Å². The molecule has 0 spiro atoms. The molecule has 1 aromatic heterocycles. The molecular weight excluding hydrogens is 286 g/mol. The minimum atomic E-state index is -0.807. The second-order valence-electron chi connectivity index (χ2n) is 5.87. The van der Waals surface area contributed by atoms with Gasteiger partial charge in [0.15, 0.2) is 5.16 Å². The Morgan fingerprint density at radius 3 is 2.76 bits per heavy atom. The molecule has 1 atom stereocenters. The summed E-state index contributed by atoms with van der Waals surface area (Å²) >= 11 is 1.28. The number of nitrogens with zero attached hydrogens (tertiary/aromatic N) is 3. The monoisotopic (exact) mass is 311 g/mol. The number of unbranched alkanes of at least 4 members (excludes halogenated alkanes) is 3. The van der Waals surface area contributed by atoms with Gasteiger partial charge in [0, 0.05) is 12.0 Å². The Balaban J connectivity index is 2.02. The summed E-state index contributed by atoms with van der Waals surface area (Å²) in [5.74, 6) is 0.838. The normalized spacial score (nSPS) is 16.1. The van der Waals surface area contributed by atoms with E-state index in [1.165, 1.54) is 50.3 Å². The predicted octanol–water partition coefficient (Wildman–Crippen LogP) is 3.86. The second-order valence-corrected chi connectivity index (χ2v) is 6.81. The number of hydrogen-bond donors (Lipinski definition) is 1. The van der Waals surface area contributed by atoms with Crippen molar-refractivity contribution in [2.24, 2.45) is 0 Å². The van der Waals surface area contributed by atoms with Crippen LogP contribution in [0.5, 0.6) is 0 Å². The molecule has 0 aliphatic heterocycles. The van der Waals surface area contributed by atoms with E-state index in [-0.39, 0.29) is 5.75 Å². The molecule has 0 amide bonds. The molecule has 1 heterocycles. The summed E-state index contributed by atoms with van der Waals surface area (Å²) in [5, 5.41) is 18.2. The molecule has 1 aliphatic carbocycles. The van der Waals surface area contributed by atoms with Crippen molar-refractivity contribution in [2.45, 2.75) is 75.9 Å². The lowest BCUT2D eigenvalue weighted by Crippen LogP contribution is -2.11. The summed E-state index contributed by atoms with van der Waals surface area (Å²) in [4.78, 5) is 10.8. The van der Waals surface area contributed by atoms with E-state index in [9.17, 15) is 4.79 Å². The molecule has 21 heavy (non-hydrogen) atoms. The van der Waals surface area contributed by atoms with Gasteiger partial charge in [-0.2, -0.15) is 0 Å². The molecule has 1 saturated carbocycles. The van der Waals surface area contributed by atoms with Gasteiger partial charge in [0.2, 0.25) is 0 Å². The van der Waals surface area contributed by atoms with Crippen molar-refractivity contribution in [3.63, 3.8) is 0 Å². The number of carbonyl (C=O) groups is 1. The highest BCUT2D eigenvalue weighted by Gasteiger charge is 2.31. The first-order valence-electron chi connectivity index (χ1n) is 7.92. The zero-order chi connectivity index (χ0) is 15.2. The van der Waals surface area contributed by atoms with Crippen LogP contribution in [0.4, 0.5) is 0 Å². The summed E-state index contributed by atoms with van der Waals surface area (Å²) in [6.45, 7) is 4.42. The zero-order valence-electron chi connectivity index (χ0n) is 12.9. The predicted molar refractivity (Wildman–Crippen MR) is 83.8 cm³/mol. The minimum Gasteiger partial charge on any atom is -0.481 e. The van der Waals surface area contributed by atoms with Crippen LogP contribution in [0.3, 0.4) is 0 Å². The van der Waals surface area contributed by atoms with E-state index in [2.05, 4.69) is 28.6 Å². The third kappa shape index (κ3) is 4.73. The van der Waals surface area contributed by atoms with E-state index in [0.717, 1.165) is 17.4 Å². The molecule has 6 heteroatoms. The smallest absolute Gasteiger partial charge is 0.313 e. The Morgan fingerprint density at radius 1 is 1.38 bits per heavy atom. The molecule has 0 aromatic carbocycles. The number of rotatable bonds is 10. The quantitative estimate of drug-likeness (QED) is 0.525. The van der Waals surface area contributed by atoms with Crippen molar-refractivity contribution in [1.29, 1.82) is 0 Å². The topological polar surface area (TPSA) is 68.0 Å². The van der Waals surface area contributed by atoms with Gasteiger partial charge in [-0.05, 0) is 26.2 Å². The molecule has 1 unspecified atom stereocenters. The summed E-state index contributed by atoms with van der Waals surface area (Å²) in [6, 6.07) is 0.351. The molecule has 1 aliphatic rings. The Morgan fingerprint density at radius 2 is 2.14 bits per heavy atom. The summed E-state index contributed by atoms with van der Waals surface area (Å²) in [5.41, 5.74) is 0. The van der Waals surface area contributed by atoms with Crippen molar-refractivity contribution in [3.05, 3.63) is 5.82 Å². The second kappa shape index (κ2) is 7.82. The number of carboxylic acid groups (broad SMARTS) is 1. The van der Waals surface area contributed by atoms with Crippen molar-refractivity contribution < 1.29 is 9.90 Å². The Labute approximate surface area is 130 Å². The molecule has 0 saturated heterocycles. The van der Waals surface area contributed by atoms with Gasteiger partial charge in [-0.25, -0.2) is 0 Å². The largest absolute Gasteiger partial charge is 0.481 e. The van der Waals surface area contributed by atoms with E-state index in [1.54, 1.807) is 0 Å². The number of hydrogen-bond acceptors (Lipinski definition) is 4. The first-order chi connectivity index (χ1) is 10.1. The van der Waals surface area contributed by atoms with Crippen LogP contribution in [-0.2, 0) is 4.79 Å². The average Bonchev–Trinajstić information content (AvgIpc) is 3.21. The van der Waals surface area contributed by atoms with Crippen molar-refractivity contribution in [3.8, 4) is 0 Å². The van der Waals surface area contributed by atoms with Gasteiger partial charge in [-0.15, -0.1) is 10.2 Å². The number of aromatic nitrogens is 3. The molecule has 1 fully saturated rings. The third-order valence-corrected chi connectivity index (χ3v) is 4.80. The molecule has 118 valence electrons. The van der Waals surface area contributed by atoms with Crippen molar-refractivity contribution >= 4 is 17.7 Å². The molecule has 0 bridgehead atoms. The van der Waals surface area contributed by atoms with Crippen LogP contribution in [0.25, 0.3) is 0 Å². The van der Waals surface area contributed by atoms with Crippen molar-refractivity contribution in [1.82, 2.24) is 14.8 Å². The van der Waals surface area contributed by atoms with E-state index in [1.807, 2.05) is 0 Å². The van der Waals surface area contributed by atoms with Crippen LogP contribution in [0.1, 0.15) is 76.6 Å². The standard InChI is InChI=1S/C15H25N3O2S/c1-3-4-5-6-7-11(2)18-14(12-8-9-12)16-17-15(18)21-10-13(19)20/h11-12H,3-10H2,1-2H3,(H,19,20). The highest BCUT2D eigenvalue weighted by atomic mass is 32.2. The summed E-state index contributed by atoms with van der Waals surface area (Å²) in [7, 11) is 0. The molecule has 2 rings (SSSR count). The van der Waals surface area contributed by atoms with Gasteiger partial charge in [0.25, 0.3) is 0 Å². The van der Waals surface area contributed by atoms with Crippen LogP contribution >= 0.6 is 11.8 Å². The van der Waals surface area contributed by atoms with E-state index < -0.39 is 5.97 Å². The highest BCUT2D eigenvalue weighted by molar-refractivity contribution is 7.99. The highest BCUT2D eigenvalue weighted by Crippen LogP contribution is 2.41. The lowest BCUT2D eigenvalue weighted by molar-refractivity contribution is -0.133. The van der Waals surface area contributed by atoms with Crippen LogP contribution < -0.4 is 0 Å². The van der Waals surface area contributed by atoms with Crippen LogP contribution in [0, 0.1) is 0 Å². The van der Waals surface area contributed by atoms with Crippen LogP contribution in [0.15, 0.2) is 5.16 Å². The summed E-state index contributed by atoms with van der Waals surface area (Å²) in [6.07, 6.45) is 8.48. The number of carboxylic acids is 1. The van der Waals surface area contributed by atoms with Crippen molar-refractivity contribution in [2.75, 3.05) is 5.75 Å². The Hall–Kier alpha value is -1.04. The van der Waals surface area contributed by atoms with Gasteiger partial charge in [0.1, 0.15) is 5.82 Å². The minimum absolute atomic E-state index is 0.0470. The molecule has 1 N–H and O–H groups in total. The third-order valence-electron chi connectivity index (χ3n) is 3.87. The van der Waals surface area contributed by atoms with Gasteiger partial charge in [-0.3, -0.25) is 4.79 Å². The van der Waals surface area contributed by atoms with Crippen LogP contribution in [-0.4, -0.2) is 31.6 Å². The lowest BCUT2D eigenvalue weighted by Gasteiger charge is -2.17. The first kappa shape index (κ1) is 16.3. The maximum atomic E-state index is 10.8. The van der Waals surface area contributed by atoms with Gasteiger partial charge in [-0.1, -0.05) is 44.4 Å². The van der Waals surface area contributed by atoms with E-state index in [0.29, 0.717) is 12.0 Å². The maximum Gasteiger partial charge on any atom is 0.313 e. The molecule has 5 nitrogen and oxygen atoms in total. The number of thioether (sulfide) groups is 1. The lowest BCUT2D eigenvalue weighted by atomic mass is 10.1.